The van der Waals surface area contributed by atoms with Crippen LogP contribution in [0.2, 0.25) is 0 Å². The molecule has 0 radical (unpaired) electrons. The van der Waals surface area contributed by atoms with E-state index in [9.17, 15) is 14.7 Å². The van der Waals surface area contributed by atoms with Crippen molar-refractivity contribution in [2.45, 2.75) is 58.9 Å². The Labute approximate surface area is 223 Å². The van der Waals surface area contributed by atoms with E-state index in [1.807, 2.05) is 43.6 Å². The van der Waals surface area contributed by atoms with Crippen LogP contribution in [0.15, 0.2) is 47.6 Å². The van der Waals surface area contributed by atoms with E-state index >= 15 is 0 Å². The van der Waals surface area contributed by atoms with Crippen LogP contribution in [0.3, 0.4) is 0 Å². The van der Waals surface area contributed by atoms with E-state index in [0.29, 0.717) is 12.8 Å². The number of rotatable bonds is 9. The summed E-state index contributed by atoms with van der Waals surface area (Å²) in [5.74, 6) is 0.724. The van der Waals surface area contributed by atoms with Crippen LogP contribution in [0.5, 0.6) is 0 Å². The molecule has 7 nitrogen and oxygen atoms in total. The van der Waals surface area contributed by atoms with Crippen LogP contribution >= 0.6 is 11.3 Å². The van der Waals surface area contributed by atoms with Crippen molar-refractivity contribution in [3.8, 4) is 0 Å². The fourth-order valence-electron chi connectivity index (χ4n) is 5.41. The molecular formula is C29H38N4O3S. The van der Waals surface area contributed by atoms with Gasteiger partial charge in [0.05, 0.1) is 24.1 Å². The van der Waals surface area contributed by atoms with Crippen molar-refractivity contribution in [2.75, 3.05) is 20.1 Å². The summed E-state index contributed by atoms with van der Waals surface area (Å²) in [6.07, 6.45) is 8.63. The van der Waals surface area contributed by atoms with E-state index < -0.39 is 11.4 Å². The molecule has 1 unspecified atom stereocenters. The number of aliphatic carboxylic acids is 1. The summed E-state index contributed by atoms with van der Waals surface area (Å²) < 4.78 is 0. The number of aromatic nitrogens is 1. The molecule has 4 rings (SSSR count). The third-order valence-corrected chi connectivity index (χ3v) is 8.46. The standard InChI is InChI=1S/C29H38N4O3S/c1-20-7-6-13-33(14-12-20)25(30-3)11-10-21(2)24-19-37-26(32-24)18-31-28(36)29(17-27(34)35)15-22-8-4-5-9-23(22)16-29/h4-5,8-11,19-20,30H,6-7,12-18H2,1-3H3,(H,31,36)(H,34,35)/b21-10+,25-11+. The number of thiazole rings is 1. The molecule has 1 fully saturated rings. The lowest BCUT2D eigenvalue weighted by atomic mass is 9.80. The van der Waals surface area contributed by atoms with Crippen molar-refractivity contribution in [2.24, 2.45) is 11.3 Å². The first-order valence-electron chi connectivity index (χ1n) is 13.1. The lowest BCUT2D eigenvalue weighted by molar-refractivity contribution is -0.145. The Morgan fingerprint density at radius 1 is 1.19 bits per heavy atom. The number of carbonyl (C=O) groups excluding carboxylic acids is 1. The third-order valence-electron chi connectivity index (χ3n) is 7.61. The van der Waals surface area contributed by atoms with Gasteiger partial charge in [0.15, 0.2) is 0 Å². The first kappa shape index (κ1) is 26.9. The molecule has 1 aliphatic heterocycles. The molecule has 1 atom stereocenters. The summed E-state index contributed by atoms with van der Waals surface area (Å²) in [6, 6.07) is 7.83. The van der Waals surface area contributed by atoms with Crippen molar-refractivity contribution in [1.82, 2.24) is 20.5 Å². The highest BCUT2D eigenvalue weighted by atomic mass is 32.1. The Kier molecular flexibility index (Phi) is 8.69. The number of carbonyl (C=O) groups is 2. The SMILES string of the molecule is CN/C(=C\C=C(/C)c1csc(CNC(=O)C2(CC(=O)O)Cc3ccccc3C2)n1)N1CCCC(C)CC1. The normalized spacial score (nSPS) is 19.8. The molecule has 1 aromatic carbocycles. The molecule has 0 bridgehead atoms. The second-order valence-corrected chi connectivity index (χ2v) is 11.4. The van der Waals surface area contributed by atoms with E-state index in [2.05, 4.69) is 34.6 Å². The van der Waals surface area contributed by atoms with Gasteiger partial charge in [0.1, 0.15) is 10.8 Å². The molecule has 1 saturated heterocycles. The summed E-state index contributed by atoms with van der Waals surface area (Å²) in [7, 11) is 1.97. The van der Waals surface area contributed by atoms with Crippen LogP contribution in [0.25, 0.3) is 5.57 Å². The van der Waals surface area contributed by atoms with Crippen LogP contribution in [0.1, 0.15) is 61.4 Å². The van der Waals surface area contributed by atoms with Gasteiger partial charge in [-0.3, -0.25) is 9.59 Å². The monoisotopic (exact) mass is 522 g/mol. The first-order valence-corrected chi connectivity index (χ1v) is 14.0. The molecule has 2 aliphatic rings. The van der Waals surface area contributed by atoms with E-state index in [1.165, 1.54) is 30.6 Å². The minimum absolute atomic E-state index is 0.186. The van der Waals surface area contributed by atoms with E-state index in [-0.39, 0.29) is 18.9 Å². The molecule has 37 heavy (non-hydrogen) atoms. The van der Waals surface area contributed by atoms with Crippen molar-refractivity contribution < 1.29 is 14.7 Å². The number of carboxylic acids is 1. The number of fused-ring (bicyclic) bond motifs is 1. The number of hydrogen-bond donors (Lipinski definition) is 3. The highest BCUT2D eigenvalue weighted by Crippen LogP contribution is 2.40. The topological polar surface area (TPSA) is 94.6 Å². The van der Waals surface area contributed by atoms with Gasteiger partial charge in [0, 0.05) is 25.5 Å². The maximum Gasteiger partial charge on any atom is 0.304 e. The largest absolute Gasteiger partial charge is 0.481 e. The van der Waals surface area contributed by atoms with Gasteiger partial charge in [-0.05, 0) is 67.7 Å². The molecule has 2 aromatic rings. The highest BCUT2D eigenvalue weighted by Gasteiger charge is 2.45. The zero-order valence-electron chi connectivity index (χ0n) is 22.0. The smallest absolute Gasteiger partial charge is 0.304 e. The number of likely N-dealkylation sites (tertiary alicyclic amines) is 1. The zero-order chi connectivity index (χ0) is 26.4. The van der Waals surface area contributed by atoms with E-state index in [0.717, 1.165) is 52.2 Å². The summed E-state index contributed by atoms with van der Waals surface area (Å²) in [5.41, 5.74) is 3.10. The quantitative estimate of drug-likeness (QED) is 0.417. The predicted molar refractivity (Wildman–Crippen MR) is 148 cm³/mol. The van der Waals surface area contributed by atoms with Gasteiger partial charge in [0.2, 0.25) is 5.91 Å². The Morgan fingerprint density at radius 2 is 1.92 bits per heavy atom. The number of benzene rings is 1. The van der Waals surface area contributed by atoms with Crippen LogP contribution in [0, 0.1) is 11.3 Å². The summed E-state index contributed by atoms with van der Waals surface area (Å²) in [4.78, 5) is 32.0. The van der Waals surface area contributed by atoms with Gasteiger partial charge in [-0.15, -0.1) is 11.3 Å². The Hall–Kier alpha value is -3.13. The van der Waals surface area contributed by atoms with Crippen LogP contribution in [-0.2, 0) is 29.0 Å². The van der Waals surface area contributed by atoms with Crippen LogP contribution < -0.4 is 10.6 Å². The molecule has 0 spiro atoms. The lowest BCUT2D eigenvalue weighted by Gasteiger charge is -2.25. The maximum absolute atomic E-state index is 13.3. The molecule has 198 valence electrons. The highest BCUT2D eigenvalue weighted by molar-refractivity contribution is 7.09. The van der Waals surface area contributed by atoms with Gasteiger partial charge < -0.3 is 20.6 Å². The average Bonchev–Trinajstić information content (AvgIpc) is 3.44. The second-order valence-electron chi connectivity index (χ2n) is 10.5. The summed E-state index contributed by atoms with van der Waals surface area (Å²) in [6.45, 7) is 6.80. The minimum Gasteiger partial charge on any atom is -0.481 e. The lowest BCUT2D eigenvalue weighted by Crippen LogP contribution is -2.43. The van der Waals surface area contributed by atoms with Crippen molar-refractivity contribution in [3.63, 3.8) is 0 Å². The summed E-state index contributed by atoms with van der Waals surface area (Å²) >= 11 is 1.50. The number of nitrogens with zero attached hydrogens (tertiary/aromatic N) is 2. The molecule has 1 aromatic heterocycles. The maximum atomic E-state index is 13.3. The average molecular weight is 523 g/mol. The van der Waals surface area contributed by atoms with E-state index in [1.54, 1.807) is 0 Å². The fourth-order valence-corrected chi connectivity index (χ4v) is 6.20. The zero-order valence-corrected chi connectivity index (χ0v) is 22.9. The Bertz CT molecular complexity index is 1160. The third kappa shape index (κ3) is 6.60. The molecular weight excluding hydrogens is 484 g/mol. The molecule has 1 aliphatic carbocycles. The number of nitrogens with one attached hydrogen (secondary N) is 2. The van der Waals surface area contributed by atoms with Gasteiger partial charge in [-0.25, -0.2) is 4.98 Å². The van der Waals surface area contributed by atoms with Crippen LogP contribution in [-0.4, -0.2) is 47.0 Å². The van der Waals surface area contributed by atoms with Crippen molar-refractivity contribution in [1.29, 1.82) is 0 Å². The van der Waals surface area contributed by atoms with E-state index in [4.69, 9.17) is 4.98 Å². The number of allylic oxidation sites excluding steroid dienone is 3. The number of hydrogen-bond acceptors (Lipinski definition) is 6. The molecule has 2 heterocycles. The number of amides is 1. The Balaban J connectivity index is 1.39. The molecule has 1 amide bonds. The van der Waals surface area contributed by atoms with Crippen LogP contribution in [0.4, 0.5) is 0 Å². The second kappa shape index (κ2) is 11.9. The fraction of sp³-hybridized carbons (Fsp3) is 0.483. The Morgan fingerprint density at radius 3 is 2.59 bits per heavy atom. The van der Waals surface area contributed by atoms with Crippen molar-refractivity contribution >= 4 is 28.8 Å². The summed E-state index contributed by atoms with van der Waals surface area (Å²) in [5, 5.41) is 18.7. The van der Waals surface area contributed by atoms with Gasteiger partial charge in [-0.2, -0.15) is 0 Å². The first-order chi connectivity index (χ1) is 17.8. The minimum atomic E-state index is -0.955. The molecule has 0 saturated carbocycles. The predicted octanol–water partition coefficient (Wildman–Crippen LogP) is 4.61. The van der Waals surface area contributed by atoms with Crippen molar-refractivity contribution in [3.05, 3.63) is 69.4 Å². The molecule has 3 N–H and O–H groups in total. The van der Waals surface area contributed by atoms with Gasteiger partial charge in [0.25, 0.3) is 0 Å². The van der Waals surface area contributed by atoms with Gasteiger partial charge in [-0.1, -0.05) is 37.3 Å². The number of carboxylic acid groups (broad SMARTS) is 1. The van der Waals surface area contributed by atoms with Gasteiger partial charge >= 0.3 is 5.97 Å². The molecule has 8 heteroatoms.